The Morgan fingerprint density at radius 1 is 1.50 bits per heavy atom. The summed E-state index contributed by atoms with van der Waals surface area (Å²) in [7, 11) is 1.61. The second kappa shape index (κ2) is 5.17. The molecule has 0 atom stereocenters. The van der Waals surface area contributed by atoms with E-state index in [1.165, 1.54) is 10.8 Å². The summed E-state index contributed by atoms with van der Waals surface area (Å²) in [5, 5.41) is 13.0. The van der Waals surface area contributed by atoms with Crippen molar-refractivity contribution in [2.45, 2.75) is 20.3 Å². The van der Waals surface area contributed by atoms with Crippen molar-refractivity contribution in [3.63, 3.8) is 0 Å². The van der Waals surface area contributed by atoms with Gasteiger partial charge in [-0.15, -0.1) is 0 Å². The zero-order chi connectivity index (χ0) is 14.9. The fourth-order valence-electron chi connectivity index (χ4n) is 2.21. The van der Waals surface area contributed by atoms with Crippen LogP contribution in [0.1, 0.15) is 35.5 Å². The average molecular weight is 274 g/mol. The maximum Gasteiger partial charge on any atom is 0.355 e. The fraction of sp³-hybridized carbons (Fsp3) is 0.385. The van der Waals surface area contributed by atoms with E-state index in [1.54, 1.807) is 20.9 Å². The summed E-state index contributed by atoms with van der Waals surface area (Å²) < 4.78 is 7.62. The molecule has 20 heavy (non-hydrogen) atoms. The van der Waals surface area contributed by atoms with Crippen LogP contribution in [0.3, 0.4) is 0 Å². The van der Waals surface area contributed by atoms with Crippen molar-refractivity contribution >= 4 is 11.6 Å². The Kier molecular flexibility index (Phi) is 3.57. The topological polar surface area (TPSA) is 89.4 Å². The van der Waals surface area contributed by atoms with Gasteiger partial charge >= 0.3 is 5.97 Å². The number of esters is 1. The normalized spacial score (nSPS) is 10.5. The molecule has 0 unspecified atom stereocenters. The Balaban J connectivity index is 2.92. The van der Waals surface area contributed by atoms with Gasteiger partial charge in [-0.2, -0.15) is 14.9 Å². The van der Waals surface area contributed by atoms with Gasteiger partial charge in [0.25, 0.3) is 5.56 Å². The lowest BCUT2D eigenvalue weighted by Gasteiger charge is -2.13. The third-order valence-corrected chi connectivity index (χ3v) is 3.08. The van der Waals surface area contributed by atoms with Gasteiger partial charge in [0.2, 0.25) is 0 Å². The summed E-state index contributed by atoms with van der Waals surface area (Å²) in [5.74, 6) is -0.573. The second-order valence-electron chi connectivity index (χ2n) is 4.17. The molecule has 7 heteroatoms. The summed E-state index contributed by atoms with van der Waals surface area (Å²) in [5.41, 5.74) is 0.621. The highest BCUT2D eigenvalue weighted by atomic mass is 16.5. The Labute approximate surface area is 115 Å². The molecule has 2 heterocycles. The first kappa shape index (κ1) is 13.8. The number of hydrogen-bond donors (Lipinski definition) is 0. The van der Waals surface area contributed by atoms with E-state index in [9.17, 15) is 9.59 Å². The van der Waals surface area contributed by atoms with E-state index in [1.807, 2.05) is 6.07 Å². The van der Waals surface area contributed by atoms with Gasteiger partial charge in [0, 0.05) is 7.05 Å². The van der Waals surface area contributed by atoms with Crippen molar-refractivity contribution in [2.24, 2.45) is 7.05 Å². The van der Waals surface area contributed by atoms with Gasteiger partial charge in [-0.1, -0.05) is 6.92 Å². The summed E-state index contributed by atoms with van der Waals surface area (Å²) in [4.78, 5) is 24.4. The number of aryl methyl sites for hydroxylation is 1. The number of carbonyl (C=O) groups is 1. The zero-order valence-electron chi connectivity index (χ0n) is 11.5. The minimum absolute atomic E-state index is 0.170. The number of ether oxygens (including phenoxy) is 1. The lowest BCUT2D eigenvalue weighted by molar-refractivity contribution is 0.0513. The average Bonchev–Trinajstić information content (AvgIpc) is 2.86. The van der Waals surface area contributed by atoms with Crippen LogP contribution in [0.5, 0.6) is 0 Å². The van der Waals surface area contributed by atoms with Crippen LogP contribution >= 0.6 is 0 Å². The predicted molar refractivity (Wildman–Crippen MR) is 70.5 cm³/mol. The molecule has 0 saturated carbocycles. The maximum absolute atomic E-state index is 12.3. The molecule has 0 aliphatic heterocycles. The molecular formula is C13H14N4O3. The molecule has 0 amide bonds. The van der Waals surface area contributed by atoms with E-state index in [4.69, 9.17) is 10.00 Å². The number of hydrogen-bond acceptors (Lipinski definition) is 5. The summed E-state index contributed by atoms with van der Waals surface area (Å²) in [6.07, 6.45) is 1.68. The smallest absolute Gasteiger partial charge is 0.355 e. The predicted octanol–water partition coefficient (Wildman–Crippen LogP) is 0.644. The summed E-state index contributed by atoms with van der Waals surface area (Å²) in [6, 6.07) is 1.96. The lowest BCUT2D eigenvalue weighted by atomic mass is 10.1. The monoisotopic (exact) mass is 274 g/mol. The minimum atomic E-state index is -0.573. The highest BCUT2D eigenvalue weighted by molar-refractivity contribution is 5.90. The largest absolute Gasteiger partial charge is 0.461 e. The van der Waals surface area contributed by atoms with Crippen LogP contribution in [0.4, 0.5) is 0 Å². The Morgan fingerprint density at radius 2 is 2.20 bits per heavy atom. The van der Waals surface area contributed by atoms with E-state index in [0.717, 1.165) is 4.52 Å². The Bertz CT molecular complexity index is 779. The molecule has 7 nitrogen and oxygen atoms in total. The second-order valence-corrected chi connectivity index (χ2v) is 4.17. The maximum atomic E-state index is 12.3. The molecule has 0 bridgehead atoms. The molecule has 2 rings (SSSR count). The van der Waals surface area contributed by atoms with Crippen LogP contribution < -0.4 is 5.56 Å². The SMILES string of the molecule is CCOC(=O)c1c(CC)c(=O)n2ncc(C#N)c2n1C. The number of carbonyl (C=O) groups excluding carboxylic acids is 1. The van der Waals surface area contributed by atoms with Gasteiger partial charge in [-0.25, -0.2) is 4.79 Å². The minimum Gasteiger partial charge on any atom is -0.461 e. The van der Waals surface area contributed by atoms with Gasteiger partial charge in [-0.3, -0.25) is 4.79 Å². The van der Waals surface area contributed by atoms with Crippen molar-refractivity contribution in [3.05, 3.63) is 33.4 Å². The van der Waals surface area contributed by atoms with Crippen LogP contribution in [0, 0.1) is 11.3 Å². The number of rotatable bonds is 3. The van der Waals surface area contributed by atoms with Gasteiger partial charge in [0.1, 0.15) is 17.3 Å². The first-order chi connectivity index (χ1) is 9.56. The van der Waals surface area contributed by atoms with E-state index in [2.05, 4.69) is 5.10 Å². The number of aromatic nitrogens is 3. The quantitative estimate of drug-likeness (QED) is 0.766. The lowest BCUT2D eigenvalue weighted by Crippen LogP contribution is -2.29. The third kappa shape index (κ3) is 1.86. The van der Waals surface area contributed by atoms with E-state index in [-0.39, 0.29) is 23.5 Å². The summed E-state index contributed by atoms with van der Waals surface area (Å²) in [6.45, 7) is 3.69. The molecule has 2 aromatic rings. The van der Waals surface area contributed by atoms with Crippen LogP contribution in [0.15, 0.2) is 11.0 Å². The molecule has 0 aliphatic rings. The molecule has 0 aromatic carbocycles. The number of nitrogens with zero attached hydrogens (tertiary/aromatic N) is 4. The zero-order valence-corrected chi connectivity index (χ0v) is 11.5. The van der Waals surface area contributed by atoms with Crippen molar-refractivity contribution in [1.29, 1.82) is 5.26 Å². The molecule has 0 fully saturated rings. The third-order valence-electron chi connectivity index (χ3n) is 3.08. The fourth-order valence-corrected chi connectivity index (χ4v) is 2.21. The van der Waals surface area contributed by atoms with Crippen molar-refractivity contribution < 1.29 is 9.53 Å². The molecule has 0 saturated heterocycles. The van der Waals surface area contributed by atoms with Crippen molar-refractivity contribution in [3.8, 4) is 6.07 Å². The van der Waals surface area contributed by atoms with E-state index < -0.39 is 11.5 Å². The highest BCUT2D eigenvalue weighted by Crippen LogP contribution is 2.14. The Hall–Kier alpha value is -2.62. The molecular weight excluding hydrogens is 260 g/mol. The van der Waals surface area contributed by atoms with Crippen molar-refractivity contribution in [2.75, 3.05) is 6.61 Å². The highest BCUT2D eigenvalue weighted by Gasteiger charge is 2.23. The molecule has 0 radical (unpaired) electrons. The van der Waals surface area contributed by atoms with Gasteiger partial charge < -0.3 is 9.30 Å². The summed E-state index contributed by atoms with van der Waals surface area (Å²) >= 11 is 0. The molecule has 0 spiro atoms. The standard InChI is InChI=1S/C13H14N4O3/c1-4-9-10(13(19)20-5-2)16(3)11-8(6-14)7-15-17(11)12(9)18/h7H,4-5H2,1-3H3. The van der Waals surface area contributed by atoms with Crippen LogP contribution in [0.2, 0.25) is 0 Å². The molecule has 0 N–H and O–H groups in total. The molecule has 0 aliphatic carbocycles. The first-order valence-corrected chi connectivity index (χ1v) is 6.23. The van der Waals surface area contributed by atoms with Crippen LogP contribution in [-0.2, 0) is 18.2 Å². The van der Waals surface area contributed by atoms with Crippen LogP contribution in [0.25, 0.3) is 5.65 Å². The van der Waals surface area contributed by atoms with Gasteiger partial charge in [0.15, 0.2) is 5.65 Å². The van der Waals surface area contributed by atoms with Gasteiger partial charge in [0.05, 0.1) is 18.4 Å². The number of nitriles is 1. The first-order valence-electron chi connectivity index (χ1n) is 6.23. The number of fused-ring (bicyclic) bond motifs is 1. The molecule has 104 valence electrons. The van der Waals surface area contributed by atoms with E-state index in [0.29, 0.717) is 12.0 Å². The Morgan fingerprint density at radius 3 is 2.75 bits per heavy atom. The van der Waals surface area contributed by atoms with Gasteiger partial charge in [-0.05, 0) is 13.3 Å². The van der Waals surface area contributed by atoms with Crippen LogP contribution in [-0.4, -0.2) is 26.8 Å². The van der Waals surface area contributed by atoms with E-state index >= 15 is 0 Å². The molecule has 2 aromatic heterocycles. The van der Waals surface area contributed by atoms with Crippen molar-refractivity contribution in [1.82, 2.24) is 14.2 Å².